The minimum atomic E-state index is -4.74. The van der Waals surface area contributed by atoms with Crippen molar-refractivity contribution in [1.29, 1.82) is 5.26 Å². The summed E-state index contributed by atoms with van der Waals surface area (Å²) in [4.78, 5) is 60.1. The molecule has 1 aromatic heterocycles. The second-order valence-corrected chi connectivity index (χ2v) is 14.6. The first-order chi connectivity index (χ1) is 26.0. The molecule has 2 saturated heterocycles. The van der Waals surface area contributed by atoms with Gasteiger partial charge in [0, 0.05) is 49.9 Å². The topological polar surface area (TPSA) is 150 Å². The van der Waals surface area contributed by atoms with E-state index in [0.29, 0.717) is 37.7 Å². The molecule has 3 atom stereocenters. The zero-order chi connectivity index (χ0) is 39.8. The minimum Gasteiger partial charge on any atom is -0.444 e. The summed E-state index contributed by atoms with van der Waals surface area (Å²) in [6, 6.07) is 8.05. The van der Waals surface area contributed by atoms with Crippen LogP contribution in [0.3, 0.4) is 0 Å². The summed E-state index contributed by atoms with van der Waals surface area (Å²) in [5, 5.41) is 17.7. The number of alkyl halides is 3. The second kappa shape index (κ2) is 15.3. The van der Waals surface area contributed by atoms with E-state index in [9.17, 15) is 42.0 Å². The standard InChI is InChI=1S/C38H41F4N7O6/c1-5-47-33-29(28(22-9-11-25(39)12-10-22)30(34(47)51)44-32(50)23-7-6-8-24(19-23)38(40,41)42)31(45-49(33)26-13-17-54-18-14-26)35(52)48-16-15-46(21-27(48)20-43)36(53)55-37(2,3)4/h6-12,19,26-28,30H,5,13-18,21H2,1-4H3,(H,44,50)/t27-,28-,30-/m0/s1. The van der Waals surface area contributed by atoms with Crippen molar-refractivity contribution in [3.63, 3.8) is 0 Å². The number of halogens is 4. The van der Waals surface area contributed by atoms with E-state index in [1.807, 2.05) is 0 Å². The van der Waals surface area contributed by atoms with Gasteiger partial charge in [0.15, 0.2) is 5.69 Å². The number of carbonyl (C=O) groups excluding carboxylic acids is 4. The van der Waals surface area contributed by atoms with E-state index in [-0.39, 0.29) is 54.9 Å². The fourth-order valence-corrected chi connectivity index (χ4v) is 7.22. The second-order valence-electron chi connectivity index (χ2n) is 14.6. The molecule has 55 heavy (non-hydrogen) atoms. The molecule has 3 aliphatic rings. The molecule has 0 bridgehead atoms. The maximum atomic E-state index is 14.8. The van der Waals surface area contributed by atoms with Crippen molar-refractivity contribution in [2.45, 2.75) is 76.4 Å². The van der Waals surface area contributed by atoms with Gasteiger partial charge in [-0.1, -0.05) is 18.2 Å². The number of anilines is 1. The van der Waals surface area contributed by atoms with Gasteiger partial charge in [0.05, 0.1) is 24.2 Å². The largest absolute Gasteiger partial charge is 0.444 e. The first-order valence-corrected chi connectivity index (χ1v) is 18.0. The van der Waals surface area contributed by atoms with E-state index in [4.69, 9.17) is 14.6 Å². The highest BCUT2D eigenvalue weighted by atomic mass is 19.4. The maximum Gasteiger partial charge on any atom is 0.416 e. The Morgan fingerprint density at radius 1 is 1.05 bits per heavy atom. The van der Waals surface area contributed by atoms with Crippen LogP contribution in [0.1, 0.15) is 90.0 Å². The molecule has 4 amide bonds. The van der Waals surface area contributed by atoms with Crippen molar-refractivity contribution >= 4 is 29.6 Å². The molecule has 13 nitrogen and oxygen atoms in total. The first kappa shape index (κ1) is 39.2. The molecule has 0 aliphatic carbocycles. The van der Waals surface area contributed by atoms with Crippen LogP contribution in [-0.4, -0.2) is 100 Å². The van der Waals surface area contributed by atoms with E-state index in [2.05, 4.69) is 11.4 Å². The third-order valence-electron chi connectivity index (χ3n) is 9.82. The van der Waals surface area contributed by atoms with Gasteiger partial charge >= 0.3 is 12.3 Å². The van der Waals surface area contributed by atoms with Gasteiger partial charge in [-0.3, -0.25) is 19.3 Å². The van der Waals surface area contributed by atoms with Gasteiger partial charge in [0.2, 0.25) is 0 Å². The Bertz CT molecular complexity index is 2000. The smallest absolute Gasteiger partial charge is 0.416 e. The quantitative estimate of drug-likeness (QED) is 0.334. The van der Waals surface area contributed by atoms with E-state index >= 15 is 0 Å². The van der Waals surface area contributed by atoms with Gasteiger partial charge in [-0.25, -0.2) is 13.9 Å². The number of piperazine rings is 1. The number of nitrogens with one attached hydrogen (secondary N) is 1. The van der Waals surface area contributed by atoms with Crippen LogP contribution in [0.5, 0.6) is 0 Å². The summed E-state index contributed by atoms with van der Waals surface area (Å²) in [6.07, 6.45) is -4.41. The number of nitrogens with zero attached hydrogens (tertiary/aromatic N) is 6. The molecule has 1 N–H and O–H groups in total. The molecular weight excluding hydrogens is 726 g/mol. The minimum absolute atomic E-state index is 0.0400. The number of likely N-dealkylation sites (N-methyl/N-ethyl adjacent to an activating group) is 1. The Labute approximate surface area is 314 Å². The molecule has 17 heteroatoms. The van der Waals surface area contributed by atoms with E-state index in [1.165, 1.54) is 32.9 Å². The molecule has 0 saturated carbocycles. The van der Waals surface area contributed by atoms with Gasteiger partial charge in [-0.2, -0.15) is 23.5 Å². The Hall–Kier alpha value is -5.50. The Morgan fingerprint density at radius 2 is 1.75 bits per heavy atom. The molecule has 0 spiro atoms. The third-order valence-corrected chi connectivity index (χ3v) is 9.82. The molecule has 3 aromatic rings. The molecule has 2 aromatic carbocycles. The number of ether oxygens (including phenoxy) is 2. The predicted molar refractivity (Wildman–Crippen MR) is 189 cm³/mol. The Morgan fingerprint density at radius 3 is 2.36 bits per heavy atom. The summed E-state index contributed by atoms with van der Waals surface area (Å²) in [7, 11) is 0. The van der Waals surface area contributed by atoms with Gasteiger partial charge in [0.1, 0.15) is 29.3 Å². The summed E-state index contributed by atoms with van der Waals surface area (Å²) >= 11 is 0. The molecule has 3 aliphatic heterocycles. The maximum absolute atomic E-state index is 14.8. The Kier molecular flexibility index (Phi) is 10.9. The molecule has 292 valence electrons. The summed E-state index contributed by atoms with van der Waals surface area (Å²) < 4.78 is 67.9. The zero-order valence-electron chi connectivity index (χ0n) is 30.7. The van der Waals surface area contributed by atoms with Crippen LogP contribution in [0.4, 0.5) is 28.2 Å². The van der Waals surface area contributed by atoms with Crippen molar-refractivity contribution in [1.82, 2.24) is 24.9 Å². The highest BCUT2D eigenvalue weighted by molar-refractivity contribution is 6.07. The van der Waals surface area contributed by atoms with Crippen molar-refractivity contribution in [3.05, 3.63) is 82.3 Å². The highest BCUT2D eigenvalue weighted by Crippen LogP contribution is 2.45. The molecule has 6 rings (SSSR count). The van der Waals surface area contributed by atoms with Crippen LogP contribution in [0, 0.1) is 17.1 Å². The van der Waals surface area contributed by atoms with Crippen molar-refractivity contribution in [3.8, 4) is 6.07 Å². The molecular formula is C38H41F4N7O6. The van der Waals surface area contributed by atoms with Crippen molar-refractivity contribution < 1.29 is 46.2 Å². The summed E-state index contributed by atoms with van der Waals surface area (Å²) in [5.41, 5.74) is -1.83. The monoisotopic (exact) mass is 767 g/mol. The van der Waals surface area contributed by atoms with E-state index < -0.39 is 65.0 Å². The average Bonchev–Trinajstić information content (AvgIpc) is 3.54. The van der Waals surface area contributed by atoms with Gasteiger partial charge < -0.3 is 24.6 Å². The van der Waals surface area contributed by atoms with Gasteiger partial charge in [0.25, 0.3) is 17.7 Å². The fourth-order valence-electron chi connectivity index (χ4n) is 7.22. The number of hydrogen-bond acceptors (Lipinski definition) is 8. The summed E-state index contributed by atoms with van der Waals surface area (Å²) in [6.45, 7) is 7.44. The third kappa shape index (κ3) is 8.00. The molecule has 2 fully saturated rings. The average molecular weight is 768 g/mol. The number of fused-ring (bicyclic) bond motifs is 1. The van der Waals surface area contributed by atoms with E-state index in [0.717, 1.165) is 24.3 Å². The van der Waals surface area contributed by atoms with Crippen LogP contribution in [-0.2, 0) is 20.4 Å². The lowest BCUT2D eigenvalue weighted by Crippen LogP contribution is -2.57. The normalized spacial score (nSPS) is 20.8. The predicted octanol–water partition coefficient (Wildman–Crippen LogP) is 5.27. The van der Waals surface area contributed by atoms with Crippen LogP contribution < -0.4 is 10.2 Å². The number of rotatable bonds is 6. The molecule has 0 unspecified atom stereocenters. The summed E-state index contributed by atoms with van der Waals surface area (Å²) in [5.74, 6) is -3.81. The highest BCUT2D eigenvalue weighted by Gasteiger charge is 2.49. The van der Waals surface area contributed by atoms with Crippen molar-refractivity contribution in [2.24, 2.45) is 0 Å². The fraction of sp³-hybridized carbons (Fsp3) is 0.474. The first-order valence-electron chi connectivity index (χ1n) is 18.0. The SMILES string of the molecule is CCN1C(=O)[C@@H](NC(=O)c2cccc(C(F)(F)F)c2)[C@@H](c2ccc(F)cc2)c2c(C(=O)N3CCN(C(=O)OC(C)(C)C)C[C@@H]3C#N)nn(C3CCOCC3)c21. The van der Waals surface area contributed by atoms with Gasteiger partial charge in [-0.15, -0.1) is 0 Å². The lowest BCUT2D eigenvalue weighted by atomic mass is 9.80. The lowest BCUT2D eigenvalue weighted by molar-refractivity contribution is -0.137. The number of amides is 4. The van der Waals surface area contributed by atoms with Gasteiger partial charge in [-0.05, 0) is 76.4 Å². The zero-order valence-corrected chi connectivity index (χ0v) is 30.7. The van der Waals surface area contributed by atoms with E-state index in [1.54, 1.807) is 32.4 Å². The molecule has 0 radical (unpaired) electrons. The molecule has 4 heterocycles. The van der Waals surface area contributed by atoms with Crippen LogP contribution in [0.15, 0.2) is 48.5 Å². The van der Waals surface area contributed by atoms with Crippen molar-refractivity contribution in [2.75, 3.05) is 44.3 Å². The number of aromatic nitrogens is 2. The number of nitriles is 1. The number of carbonyl (C=O) groups is 4. The lowest BCUT2D eigenvalue weighted by Gasteiger charge is -2.40. The van der Waals surface area contributed by atoms with Crippen LogP contribution >= 0.6 is 0 Å². The Balaban J connectivity index is 1.48. The number of hydrogen-bond donors (Lipinski definition) is 1. The van der Waals surface area contributed by atoms with Crippen LogP contribution in [0.2, 0.25) is 0 Å². The van der Waals surface area contributed by atoms with Crippen LogP contribution in [0.25, 0.3) is 0 Å². The number of benzene rings is 2.